The fourth-order valence-electron chi connectivity index (χ4n) is 1.99. The zero-order valence-corrected chi connectivity index (χ0v) is 12.4. The van der Waals surface area contributed by atoms with Gasteiger partial charge in [-0.3, -0.25) is 4.79 Å². The smallest absolute Gasteiger partial charge is 0.175 e. The van der Waals surface area contributed by atoms with Crippen LogP contribution in [0.5, 0.6) is 11.5 Å². The second kappa shape index (κ2) is 6.91. The summed E-state index contributed by atoms with van der Waals surface area (Å²) in [6.07, 6.45) is 2.66. The van der Waals surface area contributed by atoms with Gasteiger partial charge in [0.05, 0.1) is 24.3 Å². The van der Waals surface area contributed by atoms with Gasteiger partial charge in [-0.15, -0.1) is 0 Å². The summed E-state index contributed by atoms with van der Waals surface area (Å²) in [4.78, 5) is 10.9. The monoisotopic (exact) mass is 328 g/mol. The molecule has 1 aliphatic rings. The van der Waals surface area contributed by atoms with Gasteiger partial charge in [0, 0.05) is 18.4 Å². The van der Waals surface area contributed by atoms with Gasteiger partial charge in [0.15, 0.2) is 11.5 Å². The van der Waals surface area contributed by atoms with Crippen LogP contribution in [0, 0.1) is 0 Å². The average molecular weight is 329 g/mol. The molecule has 0 aliphatic carbocycles. The quantitative estimate of drug-likeness (QED) is 0.778. The number of halogens is 1. The number of hydrogen-bond donors (Lipinski definition) is 0. The molecule has 1 aliphatic heterocycles. The maximum absolute atomic E-state index is 10.9. The molecule has 1 aromatic carbocycles. The van der Waals surface area contributed by atoms with E-state index in [-0.39, 0.29) is 6.10 Å². The number of aldehydes is 1. The number of carbonyl (C=O) groups is 1. The van der Waals surface area contributed by atoms with Crippen LogP contribution in [-0.4, -0.2) is 32.2 Å². The lowest BCUT2D eigenvalue weighted by atomic mass is 10.1. The number of carbonyl (C=O) groups excluding carboxylic acids is 1. The third-order valence-corrected chi connectivity index (χ3v) is 3.51. The minimum absolute atomic E-state index is 0.131. The molecule has 5 heteroatoms. The summed E-state index contributed by atoms with van der Waals surface area (Å²) in [6, 6.07) is 3.44. The van der Waals surface area contributed by atoms with Crippen LogP contribution in [0.2, 0.25) is 0 Å². The Bertz CT molecular complexity index is 441. The van der Waals surface area contributed by atoms with Crippen LogP contribution in [0.25, 0.3) is 0 Å². The van der Waals surface area contributed by atoms with E-state index in [1.54, 1.807) is 12.1 Å². The van der Waals surface area contributed by atoms with Crippen LogP contribution < -0.4 is 9.47 Å². The van der Waals surface area contributed by atoms with Crippen LogP contribution in [0.4, 0.5) is 0 Å². The average Bonchev–Trinajstić information content (AvgIpc) is 2.43. The van der Waals surface area contributed by atoms with Gasteiger partial charge in [-0.05, 0) is 35.0 Å². The number of hydrogen-bond acceptors (Lipinski definition) is 4. The van der Waals surface area contributed by atoms with Crippen LogP contribution >= 0.6 is 15.9 Å². The summed E-state index contributed by atoms with van der Waals surface area (Å²) < 4.78 is 17.6. The van der Waals surface area contributed by atoms with Crippen molar-refractivity contribution < 1.29 is 19.0 Å². The zero-order valence-electron chi connectivity index (χ0n) is 10.9. The van der Waals surface area contributed by atoms with Crippen molar-refractivity contribution in [2.75, 3.05) is 19.8 Å². The molecule has 1 fully saturated rings. The molecule has 19 heavy (non-hydrogen) atoms. The number of rotatable bonds is 5. The molecule has 1 aromatic rings. The van der Waals surface area contributed by atoms with Crippen molar-refractivity contribution in [1.29, 1.82) is 0 Å². The number of ether oxygens (including phenoxy) is 3. The standard InChI is InChI=1S/C14H17BrO4/c1-2-18-13-8-10(9-16)7-12(15)14(13)19-11-3-5-17-6-4-11/h7-9,11H,2-6H2,1H3. The van der Waals surface area contributed by atoms with Crippen molar-refractivity contribution in [1.82, 2.24) is 0 Å². The highest BCUT2D eigenvalue weighted by Gasteiger charge is 2.20. The van der Waals surface area contributed by atoms with Crippen molar-refractivity contribution in [2.45, 2.75) is 25.9 Å². The van der Waals surface area contributed by atoms with Crippen molar-refractivity contribution in [3.63, 3.8) is 0 Å². The van der Waals surface area contributed by atoms with E-state index in [9.17, 15) is 4.79 Å². The van der Waals surface area contributed by atoms with E-state index in [2.05, 4.69) is 15.9 Å². The summed E-state index contributed by atoms with van der Waals surface area (Å²) >= 11 is 3.44. The molecule has 0 spiro atoms. The molecule has 0 amide bonds. The van der Waals surface area contributed by atoms with Crippen molar-refractivity contribution >= 4 is 22.2 Å². The van der Waals surface area contributed by atoms with Crippen LogP contribution in [0.1, 0.15) is 30.1 Å². The van der Waals surface area contributed by atoms with Crippen molar-refractivity contribution in [3.05, 3.63) is 22.2 Å². The largest absolute Gasteiger partial charge is 0.490 e. The van der Waals surface area contributed by atoms with E-state index >= 15 is 0 Å². The van der Waals surface area contributed by atoms with Gasteiger partial charge in [0.25, 0.3) is 0 Å². The predicted octanol–water partition coefficient (Wildman–Crippen LogP) is 3.22. The topological polar surface area (TPSA) is 44.8 Å². The number of benzene rings is 1. The maximum Gasteiger partial charge on any atom is 0.175 e. The molecule has 0 bridgehead atoms. The predicted molar refractivity (Wildman–Crippen MR) is 75.2 cm³/mol. The Balaban J connectivity index is 2.23. The summed E-state index contributed by atoms with van der Waals surface area (Å²) in [5.74, 6) is 1.27. The van der Waals surface area contributed by atoms with E-state index in [0.29, 0.717) is 23.7 Å². The summed E-state index contributed by atoms with van der Waals surface area (Å²) in [6.45, 7) is 3.87. The normalized spacial score (nSPS) is 16.1. The lowest BCUT2D eigenvalue weighted by Crippen LogP contribution is -2.26. The Labute approximate surface area is 121 Å². The van der Waals surface area contributed by atoms with Gasteiger partial charge in [0.2, 0.25) is 0 Å². The van der Waals surface area contributed by atoms with Gasteiger partial charge in [-0.25, -0.2) is 0 Å². The first-order chi connectivity index (χ1) is 9.24. The van der Waals surface area contributed by atoms with E-state index in [4.69, 9.17) is 14.2 Å². The van der Waals surface area contributed by atoms with Crippen molar-refractivity contribution in [2.24, 2.45) is 0 Å². The second-order valence-electron chi connectivity index (χ2n) is 4.31. The van der Waals surface area contributed by atoms with Gasteiger partial charge >= 0.3 is 0 Å². The lowest BCUT2D eigenvalue weighted by Gasteiger charge is -2.25. The van der Waals surface area contributed by atoms with Gasteiger partial charge < -0.3 is 14.2 Å². The Hall–Kier alpha value is -1.07. The Morgan fingerprint density at radius 3 is 2.79 bits per heavy atom. The van der Waals surface area contributed by atoms with E-state index in [1.165, 1.54) is 0 Å². The van der Waals surface area contributed by atoms with Gasteiger partial charge in [-0.2, -0.15) is 0 Å². The molecule has 2 rings (SSSR count). The molecule has 1 saturated heterocycles. The van der Waals surface area contributed by atoms with Gasteiger partial charge in [0.1, 0.15) is 12.4 Å². The van der Waals surface area contributed by atoms with Crippen LogP contribution in [-0.2, 0) is 4.74 Å². The van der Waals surface area contributed by atoms with E-state index < -0.39 is 0 Å². The fraction of sp³-hybridized carbons (Fsp3) is 0.500. The zero-order chi connectivity index (χ0) is 13.7. The molecule has 0 aromatic heterocycles. The van der Waals surface area contributed by atoms with Crippen LogP contribution in [0.15, 0.2) is 16.6 Å². The summed E-state index contributed by atoms with van der Waals surface area (Å²) in [5, 5.41) is 0. The molecule has 4 nitrogen and oxygen atoms in total. The fourth-order valence-corrected chi connectivity index (χ4v) is 2.55. The van der Waals surface area contributed by atoms with E-state index in [1.807, 2.05) is 6.92 Å². The molecular formula is C14H17BrO4. The Morgan fingerprint density at radius 2 is 2.16 bits per heavy atom. The first-order valence-electron chi connectivity index (χ1n) is 6.40. The summed E-state index contributed by atoms with van der Waals surface area (Å²) in [5.41, 5.74) is 0.564. The Morgan fingerprint density at radius 1 is 1.42 bits per heavy atom. The summed E-state index contributed by atoms with van der Waals surface area (Å²) in [7, 11) is 0. The highest BCUT2D eigenvalue weighted by molar-refractivity contribution is 9.10. The lowest BCUT2D eigenvalue weighted by molar-refractivity contribution is 0.0240. The molecular weight excluding hydrogens is 312 g/mol. The molecule has 104 valence electrons. The molecule has 0 radical (unpaired) electrons. The molecule has 0 saturated carbocycles. The second-order valence-corrected chi connectivity index (χ2v) is 5.16. The molecule has 0 unspecified atom stereocenters. The highest BCUT2D eigenvalue weighted by atomic mass is 79.9. The molecule has 0 atom stereocenters. The third kappa shape index (κ3) is 3.70. The molecule has 1 heterocycles. The van der Waals surface area contributed by atoms with Crippen molar-refractivity contribution in [3.8, 4) is 11.5 Å². The van der Waals surface area contributed by atoms with E-state index in [0.717, 1.165) is 36.8 Å². The molecule has 0 N–H and O–H groups in total. The first kappa shape index (κ1) is 14.3. The SMILES string of the molecule is CCOc1cc(C=O)cc(Br)c1OC1CCOCC1. The third-order valence-electron chi connectivity index (χ3n) is 2.92. The minimum atomic E-state index is 0.131. The van der Waals surface area contributed by atoms with Gasteiger partial charge in [-0.1, -0.05) is 0 Å². The first-order valence-corrected chi connectivity index (χ1v) is 7.19. The van der Waals surface area contributed by atoms with Crippen LogP contribution in [0.3, 0.4) is 0 Å². The maximum atomic E-state index is 10.9. The highest BCUT2D eigenvalue weighted by Crippen LogP contribution is 2.38. The Kier molecular flexibility index (Phi) is 5.22. The minimum Gasteiger partial charge on any atom is -0.490 e.